The van der Waals surface area contributed by atoms with Gasteiger partial charge >= 0.3 is 5.97 Å². The molecule has 0 heterocycles. The van der Waals surface area contributed by atoms with Crippen molar-refractivity contribution in [1.29, 1.82) is 0 Å². The molecule has 0 bridgehead atoms. The second kappa shape index (κ2) is 9.22. The second-order valence-corrected chi connectivity index (χ2v) is 6.02. The zero-order valence-electron chi connectivity index (χ0n) is 14.4. The molecule has 2 aromatic carbocycles. The van der Waals surface area contributed by atoms with Gasteiger partial charge in [0.15, 0.2) is 6.04 Å². The zero-order chi connectivity index (χ0) is 19.1. The lowest BCUT2D eigenvalue weighted by atomic mass is 10.0. The van der Waals surface area contributed by atoms with Crippen molar-refractivity contribution in [2.45, 2.75) is 25.7 Å². The molecule has 0 fully saturated rings. The summed E-state index contributed by atoms with van der Waals surface area (Å²) in [5.74, 6) is -0.776. The van der Waals surface area contributed by atoms with Crippen LogP contribution in [-0.4, -0.2) is 30.1 Å². The molecule has 0 radical (unpaired) electrons. The first-order valence-electron chi connectivity index (χ1n) is 7.91. The fourth-order valence-corrected chi connectivity index (χ4v) is 2.60. The second-order valence-electron chi connectivity index (χ2n) is 5.61. The number of carbonyl (C=O) groups is 2. The van der Waals surface area contributed by atoms with E-state index < -0.39 is 24.0 Å². The van der Waals surface area contributed by atoms with Crippen molar-refractivity contribution in [3.8, 4) is 5.75 Å². The van der Waals surface area contributed by atoms with E-state index in [1.54, 1.807) is 12.1 Å². The highest BCUT2D eigenvalue weighted by molar-refractivity contribution is 6.32. The summed E-state index contributed by atoms with van der Waals surface area (Å²) in [5, 5.41) is 13.1. The molecule has 2 N–H and O–H groups in total. The van der Waals surface area contributed by atoms with Gasteiger partial charge in [-0.2, -0.15) is 0 Å². The van der Waals surface area contributed by atoms with Gasteiger partial charge in [-0.25, -0.2) is 4.79 Å². The standard InChI is InChI=1S/C19H20ClNO5/c1-12(22)21-17(19(24)25-2)18(23)14-8-9-16(15(20)10-14)26-11-13-6-4-3-5-7-13/h3-10,17-18,23H,11H2,1-2H3,(H,21,22)/t17-,18+/m0/s1. The van der Waals surface area contributed by atoms with E-state index in [4.69, 9.17) is 16.3 Å². The summed E-state index contributed by atoms with van der Waals surface area (Å²) in [4.78, 5) is 23.1. The van der Waals surface area contributed by atoms with E-state index in [-0.39, 0.29) is 5.02 Å². The summed E-state index contributed by atoms with van der Waals surface area (Å²) < 4.78 is 10.3. The highest BCUT2D eigenvalue weighted by atomic mass is 35.5. The normalized spacial score (nSPS) is 12.8. The Morgan fingerprint density at radius 1 is 1.19 bits per heavy atom. The number of methoxy groups -OCH3 is 1. The van der Waals surface area contributed by atoms with Gasteiger partial charge in [-0.1, -0.05) is 48.0 Å². The first kappa shape index (κ1) is 19.8. The van der Waals surface area contributed by atoms with E-state index in [0.29, 0.717) is 17.9 Å². The summed E-state index contributed by atoms with van der Waals surface area (Å²) in [6.45, 7) is 1.59. The van der Waals surface area contributed by atoms with Gasteiger partial charge < -0.3 is 19.9 Å². The summed E-state index contributed by atoms with van der Waals surface area (Å²) in [6, 6.07) is 13.0. The maximum Gasteiger partial charge on any atom is 0.331 e. The first-order valence-corrected chi connectivity index (χ1v) is 8.29. The van der Waals surface area contributed by atoms with Gasteiger partial charge in [0.05, 0.1) is 12.1 Å². The molecule has 1 amide bonds. The number of hydrogen-bond donors (Lipinski definition) is 2. The van der Waals surface area contributed by atoms with Crippen molar-refractivity contribution in [1.82, 2.24) is 5.32 Å². The van der Waals surface area contributed by atoms with Gasteiger partial charge in [-0.3, -0.25) is 4.79 Å². The molecule has 2 rings (SSSR count). The van der Waals surface area contributed by atoms with Crippen LogP contribution in [0.25, 0.3) is 0 Å². The first-order chi connectivity index (χ1) is 12.4. The van der Waals surface area contributed by atoms with Gasteiger partial charge in [-0.05, 0) is 23.3 Å². The van der Waals surface area contributed by atoms with E-state index >= 15 is 0 Å². The lowest BCUT2D eigenvalue weighted by Crippen LogP contribution is -2.44. The van der Waals surface area contributed by atoms with Crippen LogP contribution in [0.15, 0.2) is 48.5 Å². The molecular formula is C19H20ClNO5. The Morgan fingerprint density at radius 3 is 2.46 bits per heavy atom. The Labute approximate surface area is 156 Å². The number of carbonyl (C=O) groups excluding carboxylic acids is 2. The van der Waals surface area contributed by atoms with Crippen molar-refractivity contribution >= 4 is 23.5 Å². The van der Waals surface area contributed by atoms with Crippen molar-refractivity contribution in [3.05, 3.63) is 64.7 Å². The van der Waals surface area contributed by atoms with Crippen LogP contribution in [0.5, 0.6) is 5.75 Å². The van der Waals surface area contributed by atoms with Crippen LogP contribution in [-0.2, 0) is 20.9 Å². The van der Waals surface area contributed by atoms with Crippen LogP contribution in [0.4, 0.5) is 0 Å². The lowest BCUT2D eigenvalue weighted by Gasteiger charge is -2.22. The highest BCUT2D eigenvalue weighted by Gasteiger charge is 2.30. The van der Waals surface area contributed by atoms with Crippen LogP contribution in [0.3, 0.4) is 0 Å². The topological polar surface area (TPSA) is 84.9 Å². The largest absolute Gasteiger partial charge is 0.487 e. The van der Waals surface area contributed by atoms with Crippen LogP contribution in [0.2, 0.25) is 5.02 Å². The number of nitrogens with one attached hydrogen (secondary N) is 1. The fourth-order valence-electron chi connectivity index (χ4n) is 2.36. The molecule has 2 atom stereocenters. The Balaban J connectivity index is 2.13. The quantitative estimate of drug-likeness (QED) is 0.724. The third kappa shape index (κ3) is 5.21. The summed E-state index contributed by atoms with van der Waals surface area (Å²) in [7, 11) is 1.18. The molecule has 138 valence electrons. The minimum atomic E-state index is -1.31. The molecule has 0 saturated heterocycles. The number of aliphatic hydroxyl groups excluding tert-OH is 1. The maximum atomic E-state index is 11.8. The molecule has 6 nitrogen and oxygen atoms in total. The molecule has 0 aromatic heterocycles. The minimum absolute atomic E-state index is 0.281. The molecular weight excluding hydrogens is 358 g/mol. The SMILES string of the molecule is COC(=O)[C@@H](NC(C)=O)[C@H](O)c1ccc(OCc2ccccc2)c(Cl)c1. The average Bonchev–Trinajstić information content (AvgIpc) is 2.64. The van der Waals surface area contributed by atoms with E-state index in [2.05, 4.69) is 10.1 Å². The third-order valence-electron chi connectivity index (χ3n) is 3.66. The Morgan fingerprint density at radius 2 is 1.88 bits per heavy atom. The van der Waals surface area contributed by atoms with Crippen molar-refractivity contribution in [2.75, 3.05) is 7.11 Å². The monoisotopic (exact) mass is 377 g/mol. The molecule has 7 heteroatoms. The summed E-state index contributed by atoms with van der Waals surface area (Å²) in [5.41, 5.74) is 1.34. The Bertz CT molecular complexity index is 766. The van der Waals surface area contributed by atoms with Crippen LogP contribution in [0.1, 0.15) is 24.2 Å². The Kier molecular flexibility index (Phi) is 7.00. The molecule has 0 saturated carbocycles. The maximum absolute atomic E-state index is 11.8. The van der Waals surface area contributed by atoms with Gasteiger partial charge in [0.1, 0.15) is 18.5 Å². The molecule has 0 aliphatic rings. The van der Waals surface area contributed by atoms with E-state index in [1.807, 2.05) is 30.3 Å². The number of benzene rings is 2. The van der Waals surface area contributed by atoms with Crippen molar-refractivity contribution in [2.24, 2.45) is 0 Å². The number of aliphatic hydroxyl groups is 1. The van der Waals surface area contributed by atoms with Gasteiger partial charge in [-0.15, -0.1) is 0 Å². The van der Waals surface area contributed by atoms with E-state index in [1.165, 1.54) is 20.1 Å². The van der Waals surface area contributed by atoms with Crippen molar-refractivity contribution < 1.29 is 24.2 Å². The molecule has 0 unspecified atom stereocenters. The van der Waals surface area contributed by atoms with Crippen molar-refractivity contribution in [3.63, 3.8) is 0 Å². The number of esters is 1. The number of halogens is 1. The predicted octanol–water partition coefficient (Wildman–Crippen LogP) is 2.63. The number of hydrogen-bond acceptors (Lipinski definition) is 5. The van der Waals surface area contributed by atoms with E-state index in [9.17, 15) is 14.7 Å². The highest BCUT2D eigenvalue weighted by Crippen LogP contribution is 2.30. The van der Waals surface area contributed by atoms with E-state index in [0.717, 1.165) is 5.56 Å². The van der Waals surface area contributed by atoms with Crippen LogP contribution >= 0.6 is 11.6 Å². The molecule has 2 aromatic rings. The summed E-state index contributed by atoms with van der Waals surface area (Å²) in [6.07, 6.45) is -1.31. The zero-order valence-corrected chi connectivity index (χ0v) is 15.2. The Hall–Kier alpha value is -2.57. The average molecular weight is 378 g/mol. The molecule has 26 heavy (non-hydrogen) atoms. The number of amides is 1. The fraction of sp³-hybridized carbons (Fsp3) is 0.263. The lowest BCUT2D eigenvalue weighted by molar-refractivity contribution is -0.148. The smallest absolute Gasteiger partial charge is 0.331 e. The summed E-state index contributed by atoms with van der Waals surface area (Å²) >= 11 is 6.22. The van der Waals surface area contributed by atoms with Gasteiger partial charge in [0, 0.05) is 6.92 Å². The predicted molar refractivity (Wildman–Crippen MR) is 96.8 cm³/mol. The molecule has 0 spiro atoms. The van der Waals surface area contributed by atoms with Gasteiger partial charge in [0.25, 0.3) is 0 Å². The molecule has 0 aliphatic carbocycles. The van der Waals surface area contributed by atoms with Crippen LogP contribution in [0, 0.1) is 0 Å². The van der Waals surface area contributed by atoms with Crippen LogP contribution < -0.4 is 10.1 Å². The number of ether oxygens (including phenoxy) is 2. The minimum Gasteiger partial charge on any atom is -0.487 e. The molecule has 0 aliphatic heterocycles. The number of rotatable bonds is 7. The third-order valence-corrected chi connectivity index (χ3v) is 3.96. The van der Waals surface area contributed by atoms with Gasteiger partial charge in [0.2, 0.25) is 5.91 Å².